The molecule has 1 aliphatic rings. The van der Waals surface area contributed by atoms with E-state index in [1.807, 2.05) is 6.92 Å². The maximum Gasteiger partial charge on any atom is 0.407 e. The zero-order valence-electron chi connectivity index (χ0n) is 13.7. The fourth-order valence-electron chi connectivity index (χ4n) is 2.03. The molecule has 0 radical (unpaired) electrons. The Labute approximate surface area is 128 Å². The number of alkyl carbamates (subject to hydrolysis) is 1. The zero-order valence-corrected chi connectivity index (χ0v) is 13.7. The first-order valence-corrected chi connectivity index (χ1v) is 8.03. The molecule has 1 amide bonds. The number of ether oxygens (including phenoxy) is 1. The Morgan fingerprint density at radius 2 is 2.05 bits per heavy atom. The highest BCUT2D eigenvalue weighted by molar-refractivity contribution is 5.80. The summed E-state index contributed by atoms with van der Waals surface area (Å²) in [6.07, 6.45) is 2.94. The molecule has 6 nitrogen and oxygen atoms in total. The van der Waals surface area contributed by atoms with Gasteiger partial charge in [0, 0.05) is 12.6 Å². The van der Waals surface area contributed by atoms with E-state index in [9.17, 15) is 4.79 Å². The molecule has 21 heavy (non-hydrogen) atoms. The lowest BCUT2D eigenvalue weighted by Gasteiger charge is -2.19. The molecule has 122 valence electrons. The van der Waals surface area contributed by atoms with Crippen LogP contribution in [0.5, 0.6) is 0 Å². The van der Waals surface area contributed by atoms with Crippen LogP contribution in [0.3, 0.4) is 0 Å². The van der Waals surface area contributed by atoms with Crippen LogP contribution in [0, 0.1) is 5.92 Å². The summed E-state index contributed by atoms with van der Waals surface area (Å²) in [5.74, 6) is 1.32. The van der Waals surface area contributed by atoms with Crippen LogP contribution in [-0.2, 0) is 4.74 Å². The number of nitrogens with one attached hydrogen (secondary N) is 3. The van der Waals surface area contributed by atoms with E-state index in [4.69, 9.17) is 4.74 Å². The molecule has 0 aromatic heterocycles. The van der Waals surface area contributed by atoms with E-state index in [2.05, 4.69) is 34.8 Å². The summed E-state index contributed by atoms with van der Waals surface area (Å²) in [6, 6.07) is 0.558. The predicted octanol–water partition coefficient (Wildman–Crippen LogP) is 1.86. The summed E-state index contributed by atoms with van der Waals surface area (Å²) in [7, 11) is 0. The number of carbonyl (C=O) groups is 1. The Bertz CT molecular complexity index is 341. The Morgan fingerprint density at radius 1 is 1.33 bits per heavy atom. The maximum atomic E-state index is 11.6. The van der Waals surface area contributed by atoms with Gasteiger partial charge < -0.3 is 20.7 Å². The monoisotopic (exact) mass is 298 g/mol. The van der Waals surface area contributed by atoms with Gasteiger partial charge in [-0.15, -0.1) is 0 Å². The van der Waals surface area contributed by atoms with E-state index in [0.29, 0.717) is 25.1 Å². The zero-order chi connectivity index (χ0) is 15.7. The van der Waals surface area contributed by atoms with Crippen molar-refractivity contribution >= 4 is 12.1 Å². The Balaban J connectivity index is 2.52. The number of nitrogens with zero attached hydrogens (tertiary/aromatic N) is 1. The smallest absolute Gasteiger partial charge is 0.407 e. The third-order valence-corrected chi connectivity index (χ3v) is 3.09. The fraction of sp³-hybridized carbons (Fsp3) is 0.867. The second-order valence-electron chi connectivity index (χ2n) is 5.83. The summed E-state index contributed by atoms with van der Waals surface area (Å²) < 4.78 is 4.95. The first-order valence-electron chi connectivity index (χ1n) is 8.03. The number of amides is 1. The first kappa shape index (κ1) is 17.6. The van der Waals surface area contributed by atoms with E-state index in [1.54, 1.807) is 6.92 Å². The van der Waals surface area contributed by atoms with Gasteiger partial charge in [0.15, 0.2) is 5.96 Å². The highest BCUT2D eigenvalue weighted by atomic mass is 16.5. The van der Waals surface area contributed by atoms with Crippen LogP contribution in [0.15, 0.2) is 4.99 Å². The van der Waals surface area contributed by atoms with Gasteiger partial charge in [0.2, 0.25) is 0 Å². The summed E-state index contributed by atoms with van der Waals surface area (Å²) in [5.41, 5.74) is 0. The predicted molar refractivity (Wildman–Crippen MR) is 85.5 cm³/mol. The highest BCUT2D eigenvalue weighted by Crippen LogP contribution is 2.18. The second-order valence-corrected chi connectivity index (χ2v) is 5.83. The van der Waals surface area contributed by atoms with Crippen molar-refractivity contribution in [3.63, 3.8) is 0 Å². The van der Waals surface area contributed by atoms with Gasteiger partial charge in [-0.2, -0.15) is 0 Å². The van der Waals surface area contributed by atoms with E-state index in [-0.39, 0.29) is 12.1 Å². The van der Waals surface area contributed by atoms with Gasteiger partial charge in [-0.25, -0.2) is 4.79 Å². The Kier molecular flexibility index (Phi) is 7.93. The van der Waals surface area contributed by atoms with Crippen LogP contribution in [-0.4, -0.2) is 43.8 Å². The van der Waals surface area contributed by atoms with Gasteiger partial charge in [-0.05, 0) is 39.0 Å². The van der Waals surface area contributed by atoms with Crippen LogP contribution >= 0.6 is 0 Å². The molecule has 3 N–H and O–H groups in total. The number of aliphatic imine (C=N–C) groups is 1. The molecule has 6 heteroatoms. The third-order valence-electron chi connectivity index (χ3n) is 3.09. The molecular weight excluding hydrogens is 268 g/mol. The highest BCUT2D eigenvalue weighted by Gasteiger charge is 2.22. The molecule has 0 spiro atoms. The topological polar surface area (TPSA) is 74.8 Å². The van der Waals surface area contributed by atoms with Crippen LogP contribution in [0.2, 0.25) is 0 Å². The average molecular weight is 298 g/mol. The Hall–Kier alpha value is -1.46. The van der Waals surface area contributed by atoms with Crippen molar-refractivity contribution in [2.24, 2.45) is 10.9 Å². The molecule has 1 rings (SSSR count). The molecule has 1 unspecified atom stereocenters. The third kappa shape index (κ3) is 8.42. The molecule has 0 heterocycles. The fourth-order valence-corrected chi connectivity index (χ4v) is 2.03. The molecule has 1 aliphatic carbocycles. The quantitative estimate of drug-likeness (QED) is 0.472. The van der Waals surface area contributed by atoms with Crippen molar-refractivity contribution in [1.29, 1.82) is 0 Å². The number of rotatable bonds is 8. The van der Waals surface area contributed by atoms with E-state index < -0.39 is 0 Å². The summed E-state index contributed by atoms with van der Waals surface area (Å²) in [6.45, 7) is 9.89. The lowest BCUT2D eigenvalue weighted by atomic mass is 10.0. The minimum atomic E-state index is -0.362. The van der Waals surface area contributed by atoms with Crippen molar-refractivity contribution in [3.05, 3.63) is 0 Å². The molecule has 1 atom stereocenters. The van der Waals surface area contributed by atoms with Crippen molar-refractivity contribution in [3.8, 4) is 0 Å². The van der Waals surface area contributed by atoms with Gasteiger partial charge in [-0.1, -0.05) is 13.8 Å². The van der Waals surface area contributed by atoms with Gasteiger partial charge in [0.25, 0.3) is 0 Å². The molecule has 0 aromatic carbocycles. The van der Waals surface area contributed by atoms with Crippen molar-refractivity contribution < 1.29 is 9.53 Å². The van der Waals surface area contributed by atoms with E-state index in [1.165, 1.54) is 12.8 Å². The minimum Gasteiger partial charge on any atom is -0.450 e. The first-order chi connectivity index (χ1) is 10.0. The standard InChI is InChI=1S/C15H30N4O2/c1-5-16-14(18-12-7-8-12)17-10-13(9-11(3)4)19-15(20)21-6-2/h11-13H,5-10H2,1-4H3,(H,19,20)(H2,16,17,18). The van der Waals surface area contributed by atoms with Crippen LogP contribution in [0.25, 0.3) is 0 Å². The van der Waals surface area contributed by atoms with E-state index in [0.717, 1.165) is 18.9 Å². The largest absolute Gasteiger partial charge is 0.450 e. The van der Waals surface area contributed by atoms with Crippen molar-refractivity contribution in [2.45, 2.75) is 59.0 Å². The molecule has 0 saturated heterocycles. The van der Waals surface area contributed by atoms with Crippen molar-refractivity contribution in [2.75, 3.05) is 19.7 Å². The number of carbonyl (C=O) groups excluding carboxylic acids is 1. The summed E-state index contributed by atoms with van der Waals surface area (Å²) in [4.78, 5) is 16.2. The molecule has 0 bridgehead atoms. The van der Waals surface area contributed by atoms with Crippen molar-refractivity contribution in [1.82, 2.24) is 16.0 Å². The van der Waals surface area contributed by atoms with Gasteiger partial charge in [0.1, 0.15) is 0 Å². The maximum absolute atomic E-state index is 11.6. The summed E-state index contributed by atoms with van der Waals surface area (Å²) in [5, 5.41) is 9.50. The van der Waals surface area contributed by atoms with Gasteiger partial charge in [-0.3, -0.25) is 4.99 Å². The van der Waals surface area contributed by atoms with E-state index >= 15 is 0 Å². The SMILES string of the molecule is CCNC(=NCC(CC(C)C)NC(=O)OCC)NC1CC1. The lowest BCUT2D eigenvalue weighted by Crippen LogP contribution is -2.42. The molecule has 0 aromatic rings. The van der Waals surface area contributed by atoms with Gasteiger partial charge >= 0.3 is 6.09 Å². The van der Waals surface area contributed by atoms with Crippen LogP contribution < -0.4 is 16.0 Å². The Morgan fingerprint density at radius 3 is 2.57 bits per heavy atom. The van der Waals surface area contributed by atoms with Crippen LogP contribution in [0.1, 0.15) is 47.0 Å². The minimum absolute atomic E-state index is 0.00120. The molecule has 1 saturated carbocycles. The van der Waals surface area contributed by atoms with Gasteiger partial charge in [0.05, 0.1) is 19.2 Å². The number of hydrogen-bond donors (Lipinski definition) is 3. The number of hydrogen-bond acceptors (Lipinski definition) is 3. The second kappa shape index (κ2) is 9.47. The molecule has 1 fully saturated rings. The normalized spacial score (nSPS) is 16.5. The molecule has 0 aliphatic heterocycles. The molecular formula is C15H30N4O2. The lowest BCUT2D eigenvalue weighted by molar-refractivity contribution is 0.147. The van der Waals surface area contributed by atoms with Crippen LogP contribution in [0.4, 0.5) is 4.79 Å². The average Bonchev–Trinajstić information content (AvgIpc) is 3.19. The summed E-state index contributed by atoms with van der Waals surface area (Å²) >= 11 is 0. The number of guanidine groups is 1.